The Morgan fingerprint density at radius 3 is 2.65 bits per heavy atom. The summed E-state index contributed by atoms with van der Waals surface area (Å²) in [5, 5.41) is 0.853. The zero-order chi connectivity index (χ0) is 17.6. The van der Waals surface area contributed by atoms with Crippen molar-refractivity contribution in [3.8, 4) is 0 Å². The Balaban J connectivity index is 0.00000196. The Hall–Kier alpha value is -1.85. The van der Waals surface area contributed by atoms with Crippen molar-refractivity contribution in [1.29, 1.82) is 0 Å². The summed E-state index contributed by atoms with van der Waals surface area (Å²) in [5.74, 6) is -0.964. The predicted molar refractivity (Wildman–Crippen MR) is 105 cm³/mol. The second kappa shape index (κ2) is 7.41. The Bertz CT molecular complexity index is 887. The molecule has 26 heavy (non-hydrogen) atoms. The fourth-order valence-corrected chi connectivity index (χ4v) is 4.40. The minimum absolute atomic E-state index is 0. The second-order valence-electron chi connectivity index (χ2n) is 7.29. The molecule has 0 unspecified atom stereocenters. The lowest BCUT2D eigenvalue weighted by molar-refractivity contribution is 0.100. The van der Waals surface area contributed by atoms with Crippen LogP contribution in [0.5, 0.6) is 0 Å². The highest BCUT2D eigenvalue weighted by Gasteiger charge is 2.26. The summed E-state index contributed by atoms with van der Waals surface area (Å²) in [7, 11) is 0. The Morgan fingerprint density at radius 2 is 1.92 bits per heavy atom. The van der Waals surface area contributed by atoms with Crippen LogP contribution < -0.4 is 11.5 Å². The molecule has 4 rings (SSSR count). The predicted octanol–water partition coefficient (Wildman–Crippen LogP) is 3.99. The van der Waals surface area contributed by atoms with Gasteiger partial charge in [0.1, 0.15) is 5.82 Å². The summed E-state index contributed by atoms with van der Waals surface area (Å²) in [6, 6.07) is 1.25. The van der Waals surface area contributed by atoms with Crippen LogP contribution in [0.25, 0.3) is 16.5 Å². The molecular weight excluding hydrogens is 353 g/mol. The van der Waals surface area contributed by atoms with E-state index in [4.69, 9.17) is 11.5 Å². The van der Waals surface area contributed by atoms with Gasteiger partial charge in [0.2, 0.25) is 0 Å². The summed E-state index contributed by atoms with van der Waals surface area (Å²) >= 11 is 0. The number of H-pyrrole nitrogens is 1. The maximum Gasteiger partial charge on any atom is 0.250 e. The van der Waals surface area contributed by atoms with Crippen LogP contribution in [0.15, 0.2) is 12.1 Å². The van der Waals surface area contributed by atoms with Crippen LogP contribution in [0.1, 0.15) is 65.7 Å². The zero-order valence-electron chi connectivity index (χ0n) is 14.7. The van der Waals surface area contributed by atoms with Gasteiger partial charge in [0, 0.05) is 22.7 Å². The fraction of sp³-hybridized carbons (Fsp3) is 0.450. The van der Waals surface area contributed by atoms with E-state index in [-0.39, 0.29) is 29.8 Å². The number of amides is 1. The van der Waals surface area contributed by atoms with Gasteiger partial charge in [-0.05, 0) is 62.1 Å². The first-order valence-electron chi connectivity index (χ1n) is 9.18. The smallest absolute Gasteiger partial charge is 0.250 e. The van der Waals surface area contributed by atoms with Crippen molar-refractivity contribution in [2.45, 2.75) is 57.4 Å². The number of halogens is 2. The second-order valence-corrected chi connectivity index (χ2v) is 7.29. The number of benzene rings is 1. The first kappa shape index (κ1) is 18.9. The molecule has 0 aliphatic heterocycles. The van der Waals surface area contributed by atoms with Gasteiger partial charge in [0.15, 0.2) is 0 Å². The number of aromatic amines is 1. The lowest BCUT2D eigenvalue weighted by atomic mass is 9.87. The quantitative estimate of drug-likeness (QED) is 0.691. The molecule has 2 aliphatic carbocycles. The Kier molecular flexibility index (Phi) is 5.39. The number of rotatable bonds is 2. The third-order valence-electron chi connectivity index (χ3n) is 5.56. The molecule has 1 atom stereocenters. The normalized spacial score (nSPS) is 20.1. The SMILES string of the molecule is Cl.NC(=O)c1cc(F)c(C2=C[C@@H](N)CCC2)c2c3c([nH]c12)CCCCC3. The van der Waals surface area contributed by atoms with Gasteiger partial charge >= 0.3 is 0 Å². The topological polar surface area (TPSA) is 84.9 Å². The molecular formula is C20H25ClFN3O. The zero-order valence-corrected chi connectivity index (χ0v) is 15.6. The largest absolute Gasteiger partial charge is 0.366 e. The number of hydrogen-bond donors (Lipinski definition) is 3. The first-order chi connectivity index (χ1) is 12.1. The average Bonchev–Trinajstić information content (AvgIpc) is 2.76. The van der Waals surface area contributed by atoms with Crippen molar-refractivity contribution >= 4 is 34.8 Å². The lowest BCUT2D eigenvalue weighted by Gasteiger charge is -2.20. The Labute approximate surface area is 158 Å². The van der Waals surface area contributed by atoms with E-state index in [0.29, 0.717) is 11.1 Å². The molecule has 140 valence electrons. The van der Waals surface area contributed by atoms with E-state index in [0.717, 1.165) is 67.2 Å². The molecule has 0 saturated carbocycles. The molecule has 1 heterocycles. The van der Waals surface area contributed by atoms with E-state index in [1.54, 1.807) is 0 Å². The van der Waals surface area contributed by atoms with E-state index < -0.39 is 5.91 Å². The van der Waals surface area contributed by atoms with E-state index in [9.17, 15) is 4.79 Å². The number of nitrogens with two attached hydrogens (primary N) is 2. The van der Waals surface area contributed by atoms with E-state index in [1.165, 1.54) is 12.5 Å². The third-order valence-corrected chi connectivity index (χ3v) is 5.56. The summed E-state index contributed by atoms with van der Waals surface area (Å²) in [5.41, 5.74) is 16.4. The lowest BCUT2D eigenvalue weighted by Crippen LogP contribution is -2.20. The van der Waals surface area contributed by atoms with E-state index in [2.05, 4.69) is 4.98 Å². The van der Waals surface area contributed by atoms with Crippen molar-refractivity contribution in [2.75, 3.05) is 0 Å². The van der Waals surface area contributed by atoms with Crippen LogP contribution in [-0.2, 0) is 12.8 Å². The van der Waals surface area contributed by atoms with E-state index in [1.807, 2.05) is 6.08 Å². The van der Waals surface area contributed by atoms with Crippen molar-refractivity contribution in [1.82, 2.24) is 4.98 Å². The van der Waals surface area contributed by atoms with Gasteiger partial charge in [-0.1, -0.05) is 12.5 Å². The van der Waals surface area contributed by atoms with Crippen LogP contribution >= 0.6 is 12.4 Å². The number of allylic oxidation sites excluding steroid dienone is 1. The number of aromatic nitrogens is 1. The van der Waals surface area contributed by atoms with Crippen LogP contribution in [0.4, 0.5) is 4.39 Å². The molecule has 1 aromatic heterocycles. The van der Waals surface area contributed by atoms with Gasteiger partial charge in [-0.2, -0.15) is 0 Å². The van der Waals surface area contributed by atoms with Crippen LogP contribution in [0.2, 0.25) is 0 Å². The van der Waals surface area contributed by atoms with Crippen molar-refractivity contribution in [3.63, 3.8) is 0 Å². The molecule has 0 fully saturated rings. The summed E-state index contributed by atoms with van der Waals surface area (Å²) < 4.78 is 15.1. The van der Waals surface area contributed by atoms with Crippen LogP contribution in [0, 0.1) is 5.82 Å². The average molecular weight is 378 g/mol. The molecule has 0 saturated heterocycles. The minimum Gasteiger partial charge on any atom is -0.366 e. The molecule has 5 N–H and O–H groups in total. The summed E-state index contributed by atoms with van der Waals surface area (Å²) in [6.07, 6.45) is 9.89. The maximum absolute atomic E-state index is 15.1. The maximum atomic E-state index is 15.1. The fourth-order valence-electron chi connectivity index (χ4n) is 4.40. The molecule has 0 bridgehead atoms. The molecule has 1 amide bonds. The van der Waals surface area contributed by atoms with Gasteiger partial charge in [0.25, 0.3) is 5.91 Å². The van der Waals surface area contributed by atoms with Crippen LogP contribution in [0.3, 0.4) is 0 Å². The van der Waals surface area contributed by atoms with Crippen molar-refractivity contribution in [2.24, 2.45) is 11.5 Å². The molecule has 4 nitrogen and oxygen atoms in total. The molecule has 2 aromatic rings. The first-order valence-corrected chi connectivity index (χ1v) is 9.18. The molecule has 0 radical (unpaired) electrons. The van der Waals surface area contributed by atoms with Gasteiger partial charge < -0.3 is 16.5 Å². The number of nitrogens with one attached hydrogen (secondary N) is 1. The number of carbonyl (C=O) groups excluding carboxylic acids is 1. The summed E-state index contributed by atoms with van der Waals surface area (Å²) in [4.78, 5) is 15.3. The number of carbonyl (C=O) groups is 1. The van der Waals surface area contributed by atoms with Crippen molar-refractivity contribution < 1.29 is 9.18 Å². The van der Waals surface area contributed by atoms with E-state index >= 15 is 4.39 Å². The number of hydrogen-bond acceptors (Lipinski definition) is 2. The molecule has 6 heteroatoms. The highest BCUT2D eigenvalue weighted by molar-refractivity contribution is 6.09. The molecule has 2 aliphatic rings. The van der Waals surface area contributed by atoms with Gasteiger partial charge in [0.05, 0.1) is 11.1 Å². The Morgan fingerprint density at radius 1 is 1.15 bits per heavy atom. The molecule has 0 spiro atoms. The number of aryl methyl sites for hydroxylation is 2. The third kappa shape index (κ3) is 3.14. The monoisotopic (exact) mass is 377 g/mol. The summed E-state index contributed by atoms with van der Waals surface area (Å²) in [6.45, 7) is 0. The number of fused-ring (bicyclic) bond motifs is 3. The van der Waals surface area contributed by atoms with Gasteiger partial charge in [-0.3, -0.25) is 4.79 Å². The highest BCUT2D eigenvalue weighted by atomic mass is 35.5. The van der Waals surface area contributed by atoms with Gasteiger partial charge in [-0.15, -0.1) is 12.4 Å². The van der Waals surface area contributed by atoms with Crippen molar-refractivity contribution in [3.05, 3.63) is 40.3 Å². The van der Waals surface area contributed by atoms with Gasteiger partial charge in [-0.25, -0.2) is 4.39 Å². The molecule has 1 aromatic carbocycles. The highest BCUT2D eigenvalue weighted by Crippen LogP contribution is 2.39. The van der Waals surface area contributed by atoms with Crippen LogP contribution in [-0.4, -0.2) is 16.9 Å². The standard InChI is InChI=1S/C20H24FN3O.ClH/c21-15-10-14(20(23)25)19-18(13-7-2-1-3-8-16(13)24-19)17(15)11-5-4-6-12(22)9-11;/h9-10,12,24H,1-8,22H2,(H2,23,25);1H/t12-;/m0./s1. The number of primary amides is 1. The minimum atomic E-state index is -0.596.